The molecule has 1 N–H and O–H groups in total. The molecule has 1 aliphatic rings. The SMILES string of the molecule is CCNC(CN1CCC(C)C(OC)C1)c1ccccc1C. The Morgan fingerprint density at radius 1 is 1.38 bits per heavy atom. The highest BCUT2D eigenvalue weighted by atomic mass is 16.5. The summed E-state index contributed by atoms with van der Waals surface area (Å²) in [5.41, 5.74) is 2.80. The number of ether oxygens (including phenoxy) is 1. The lowest BCUT2D eigenvalue weighted by atomic mass is 9.94. The van der Waals surface area contributed by atoms with Crippen LogP contribution in [-0.2, 0) is 4.74 Å². The second kappa shape index (κ2) is 7.92. The van der Waals surface area contributed by atoms with Crippen molar-refractivity contribution in [2.75, 3.05) is 33.3 Å². The molecule has 0 aliphatic carbocycles. The Balaban J connectivity index is 2.05. The molecule has 0 saturated carbocycles. The molecule has 2 rings (SSSR count). The van der Waals surface area contributed by atoms with Gasteiger partial charge in [-0.3, -0.25) is 4.90 Å². The summed E-state index contributed by atoms with van der Waals surface area (Å²) in [6, 6.07) is 9.12. The molecule has 1 heterocycles. The molecule has 21 heavy (non-hydrogen) atoms. The van der Waals surface area contributed by atoms with Crippen LogP contribution in [0.4, 0.5) is 0 Å². The Kier molecular flexibility index (Phi) is 6.22. The number of nitrogens with one attached hydrogen (secondary N) is 1. The van der Waals surface area contributed by atoms with Gasteiger partial charge in [0, 0.05) is 26.2 Å². The van der Waals surface area contributed by atoms with Gasteiger partial charge < -0.3 is 10.1 Å². The van der Waals surface area contributed by atoms with Crippen LogP contribution >= 0.6 is 0 Å². The Morgan fingerprint density at radius 2 is 2.14 bits per heavy atom. The first-order valence-electron chi connectivity index (χ1n) is 8.19. The summed E-state index contributed by atoms with van der Waals surface area (Å²) >= 11 is 0. The van der Waals surface area contributed by atoms with Crippen molar-refractivity contribution in [2.45, 2.75) is 39.3 Å². The van der Waals surface area contributed by atoms with Gasteiger partial charge in [0.05, 0.1) is 6.10 Å². The smallest absolute Gasteiger partial charge is 0.0724 e. The molecular formula is C18H30N2O. The van der Waals surface area contributed by atoms with Crippen molar-refractivity contribution in [2.24, 2.45) is 5.92 Å². The number of hydrogen-bond donors (Lipinski definition) is 1. The van der Waals surface area contributed by atoms with E-state index < -0.39 is 0 Å². The molecule has 0 amide bonds. The van der Waals surface area contributed by atoms with Gasteiger partial charge in [0.15, 0.2) is 0 Å². The van der Waals surface area contributed by atoms with E-state index in [9.17, 15) is 0 Å². The average Bonchev–Trinajstić information content (AvgIpc) is 2.49. The van der Waals surface area contributed by atoms with E-state index in [2.05, 4.69) is 55.3 Å². The zero-order valence-electron chi connectivity index (χ0n) is 13.9. The first-order valence-corrected chi connectivity index (χ1v) is 8.19. The molecule has 0 bridgehead atoms. The summed E-state index contributed by atoms with van der Waals surface area (Å²) in [4.78, 5) is 2.55. The molecule has 3 atom stereocenters. The predicted octanol–water partition coefficient (Wildman–Crippen LogP) is 3.00. The van der Waals surface area contributed by atoms with E-state index in [0.29, 0.717) is 18.1 Å². The van der Waals surface area contributed by atoms with Crippen LogP contribution in [0.1, 0.15) is 37.4 Å². The summed E-state index contributed by atoms with van der Waals surface area (Å²) in [6.45, 7) is 11.0. The van der Waals surface area contributed by atoms with Crippen LogP contribution in [0.25, 0.3) is 0 Å². The quantitative estimate of drug-likeness (QED) is 0.871. The molecule has 1 aromatic carbocycles. The number of likely N-dealkylation sites (N-methyl/N-ethyl adjacent to an activating group) is 1. The minimum atomic E-state index is 0.373. The van der Waals surface area contributed by atoms with Crippen molar-refractivity contribution >= 4 is 0 Å². The Hall–Kier alpha value is -0.900. The number of aryl methyl sites for hydroxylation is 1. The Labute approximate surface area is 129 Å². The summed E-state index contributed by atoms with van der Waals surface area (Å²) in [5.74, 6) is 0.669. The van der Waals surface area contributed by atoms with Gasteiger partial charge >= 0.3 is 0 Å². The van der Waals surface area contributed by atoms with Gasteiger partial charge in [-0.1, -0.05) is 38.1 Å². The van der Waals surface area contributed by atoms with E-state index in [4.69, 9.17) is 4.74 Å². The lowest BCUT2D eigenvalue weighted by molar-refractivity contribution is -0.00746. The third kappa shape index (κ3) is 4.29. The largest absolute Gasteiger partial charge is 0.380 e. The highest BCUT2D eigenvalue weighted by Gasteiger charge is 2.27. The number of methoxy groups -OCH3 is 1. The number of rotatable bonds is 6. The summed E-state index contributed by atoms with van der Waals surface area (Å²) < 4.78 is 5.64. The van der Waals surface area contributed by atoms with Gasteiger partial charge in [0.25, 0.3) is 0 Å². The van der Waals surface area contributed by atoms with Crippen LogP contribution in [-0.4, -0.2) is 44.3 Å². The lowest BCUT2D eigenvalue weighted by Gasteiger charge is -2.38. The van der Waals surface area contributed by atoms with Crippen LogP contribution < -0.4 is 5.32 Å². The second-order valence-electron chi connectivity index (χ2n) is 6.27. The normalized spacial score (nSPS) is 25.0. The summed E-state index contributed by atoms with van der Waals surface area (Å²) in [6.07, 6.45) is 1.60. The first-order chi connectivity index (χ1) is 10.2. The van der Waals surface area contributed by atoms with Crippen molar-refractivity contribution in [1.82, 2.24) is 10.2 Å². The van der Waals surface area contributed by atoms with E-state index in [0.717, 1.165) is 19.6 Å². The maximum Gasteiger partial charge on any atom is 0.0724 e. The van der Waals surface area contributed by atoms with E-state index in [-0.39, 0.29) is 0 Å². The highest BCUT2D eigenvalue weighted by molar-refractivity contribution is 5.29. The number of piperidine rings is 1. The molecule has 1 aromatic rings. The zero-order valence-corrected chi connectivity index (χ0v) is 13.9. The fourth-order valence-corrected chi connectivity index (χ4v) is 3.33. The van der Waals surface area contributed by atoms with Gasteiger partial charge in [-0.25, -0.2) is 0 Å². The topological polar surface area (TPSA) is 24.5 Å². The maximum atomic E-state index is 5.64. The summed E-state index contributed by atoms with van der Waals surface area (Å²) in [5, 5.41) is 3.65. The molecule has 1 fully saturated rings. The van der Waals surface area contributed by atoms with Gasteiger partial charge in [0.1, 0.15) is 0 Å². The van der Waals surface area contributed by atoms with Gasteiger partial charge in [-0.15, -0.1) is 0 Å². The molecular weight excluding hydrogens is 260 g/mol. The number of benzene rings is 1. The van der Waals surface area contributed by atoms with Crippen molar-refractivity contribution in [3.63, 3.8) is 0 Å². The predicted molar refractivity (Wildman–Crippen MR) is 88.6 cm³/mol. The van der Waals surface area contributed by atoms with Crippen LogP contribution in [0.15, 0.2) is 24.3 Å². The molecule has 118 valence electrons. The average molecular weight is 290 g/mol. The molecule has 1 aliphatic heterocycles. The van der Waals surface area contributed by atoms with E-state index in [1.54, 1.807) is 0 Å². The van der Waals surface area contributed by atoms with Crippen LogP contribution in [0, 0.1) is 12.8 Å². The third-order valence-corrected chi connectivity index (χ3v) is 4.73. The third-order valence-electron chi connectivity index (χ3n) is 4.73. The molecule has 0 spiro atoms. The molecule has 3 nitrogen and oxygen atoms in total. The fourth-order valence-electron chi connectivity index (χ4n) is 3.33. The monoisotopic (exact) mass is 290 g/mol. The first kappa shape index (κ1) is 16.5. The molecule has 3 unspecified atom stereocenters. The van der Waals surface area contributed by atoms with Gasteiger partial charge in [-0.2, -0.15) is 0 Å². The Morgan fingerprint density at radius 3 is 2.81 bits per heavy atom. The molecule has 0 aromatic heterocycles. The molecule has 0 radical (unpaired) electrons. The van der Waals surface area contributed by atoms with Crippen molar-refractivity contribution in [1.29, 1.82) is 0 Å². The molecule has 1 saturated heterocycles. The fraction of sp³-hybridized carbons (Fsp3) is 0.667. The van der Waals surface area contributed by atoms with Gasteiger partial charge in [-0.05, 0) is 43.5 Å². The summed E-state index contributed by atoms with van der Waals surface area (Å²) in [7, 11) is 1.84. The van der Waals surface area contributed by atoms with Crippen LogP contribution in [0.3, 0.4) is 0 Å². The lowest BCUT2D eigenvalue weighted by Crippen LogP contribution is -2.46. The number of likely N-dealkylation sites (tertiary alicyclic amines) is 1. The van der Waals surface area contributed by atoms with E-state index >= 15 is 0 Å². The van der Waals surface area contributed by atoms with Crippen LogP contribution in [0.2, 0.25) is 0 Å². The minimum Gasteiger partial charge on any atom is -0.380 e. The van der Waals surface area contributed by atoms with Crippen molar-refractivity contribution in [3.05, 3.63) is 35.4 Å². The standard InChI is InChI=1S/C18H30N2O/c1-5-19-17(16-9-7-6-8-14(16)2)12-20-11-10-15(3)18(13-20)21-4/h6-9,15,17-19H,5,10-13H2,1-4H3. The maximum absolute atomic E-state index is 5.64. The number of hydrogen-bond acceptors (Lipinski definition) is 3. The Bertz CT molecular complexity index is 435. The van der Waals surface area contributed by atoms with Gasteiger partial charge in [0.2, 0.25) is 0 Å². The van der Waals surface area contributed by atoms with Crippen molar-refractivity contribution < 1.29 is 4.74 Å². The van der Waals surface area contributed by atoms with Crippen molar-refractivity contribution in [3.8, 4) is 0 Å². The minimum absolute atomic E-state index is 0.373. The van der Waals surface area contributed by atoms with E-state index in [1.807, 2.05) is 7.11 Å². The highest BCUT2D eigenvalue weighted by Crippen LogP contribution is 2.23. The number of nitrogens with zero attached hydrogens (tertiary/aromatic N) is 1. The van der Waals surface area contributed by atoms with Crippen LogP contribution in [0.5, 0.6) is 0 Å². The molecule has 3 heteroatoms. The van der Waals surface area contributed by atoms with E-state index in [1.165, 1.54) is 24.1 Å². The second-order valence-corrected chi connectivity index (χ2v) is 6.27. The zero-order chi connectivity index (χ0) is 15.2.